The summed E-state index contributed by atoms with van der Waals surface area (Å²) >= 11 is 0. The highest BCUT2D eigenvalue weighted by Gasteiger charge is 2.51. The Balaban J connectivity index is 2.06. The van der Waals surface area contributed by atoms with Crippen molar-refractivity contribution in [3.63, 3.8) is 0 Å². The van der Waals surface area contributed by atoms with Gasteiger partial charge in [0.1, 0.15) is 18.0 Å². The first kappa shape index (κ1) is 16.5. The number of methoxy groups -OCH3 is 1. The standard InChI is InChI=1S/C18H26O4Si/c1-18(2,3)23(5,6)22-16-11-8-7-9-13(20-4)15(11)12-10-14(16)21-17(12)19/h7-9,12,14,16H,10H2,1-6H3/t12-,14+,16+/m0/s1. The summed E-state index contributed by atoms with van der Waals surface area (Å²) in [6.07, 6.45) is 0.316. The molecule has 0 unspecified atom stereocenters. The number of fused-ring (bicyclic) bond motifs is 4. The summed E-state index contributed by atoms with van der Waals surface area (Å²) in [4.78, 5) is 12.3. The van der Waals surface area contributed by atoms with E-state index in [0.29, 0.717) is 6.42 Å². The van der Waals surface area contributed by atoms with Crippen LogP contribution in [-0.4, -0.2) is 27.5 Å². The molecule has 0 radical (unpaired) electrons. The first-order valence-electron chi connectivity index (χ1n) is 8.21. The summed E-state index contributed by atoms with van der Waals surface area (Å²) in [5.74, 6) is 0.390. The van der Waals surface area contributed by atoms with Crippen molar-refractivity contribution in [1.29, 1.82) is 0 Å². The Morgan fingerprint density at radius 2 is 1.96 bits per heavy atom. The van der Waals surface area contributed by atoms with E-state index in [1.807, 2.05) is 12.1 Å². The number of ether oxygens (including phenoxy) is 2. The molecule has 1 saturated heterocycles. The van der Waals surface area contributed by atoms with Crippen molar-refractivity contribution in [2.45, 2.75) is 63.5 Å². The van der Waals surface area contributed by atoms with Gasteiger partial charge < -0.3 is 13.9 Å². The molecule has 0 amide bonds. The van der Waals surface area contributed by atoms with Gasteiger partial charge in [0.15, 0.2) is 8.32 Å². The fourth-order valence-corrected chi connectivity index (χ4v) is 4.49. The van der Waals surface area contributed by atoms with Crippen molar-refractivity contribution >= 4 is 14.3 Å². The minimum absolute atomic E-state index is 0.103. The van der Waals surface area contributed by atoms with Crippen LogP contribution in [0.25, 0.3) is 0 Å². The van der Waals surface area contributed by atoms with Crippen molar-refractivity contribution < 1.29 is 18.7 Å². The molecule has 0 saturated carbocycles. The third-order valence-corrected chi connectivity index (χ3v) is 10.0. The lowest BCUT2D eigenvalue weighted by atomic mass is 9.81. The van der Waals surface area contributed by atoms with Crippen LogP contribution < -0.4 is 4.74 Å². The topological polar surface area (TPSA) is 44.8 Å². The van der Waals surface area contributed by atoms with Gasteiger partial charge in [0, 0.05) is 12.0 Å². The Bertz CT molecular complexity index is 632. The van der Waals surface area contributed by atoms with E-state index < -0.39 is 8.32 Å². The smallest absolute Gasteiger partial charge is 0.314 e. The Morgan fingerprint density at radius 3 is 2.57 bits per heavy atom. The normalized spacial score (nSPS) is 26.7. The van der Waals surface area contributed by atoms with E-state index in [1.54, 1.807) is 7.11 Å². The molecule has 5 heteroatoms. The average molecular weight is 334 g/mol. The van der Waals surface area contributed by atoms with Gasteiger partial charge in [0.2, 0.25) is 0 Å². The maximum atomic E-state index is 12.3. The predicted octanol–water partition coefficient (Wildman–Crippen LogP) is 4.17. The van der Waals surface area contributed by atoms with Crippen molar-refractivity contribution in [3.05, 3.63) is 29.3 Å². The van der Waals surface area contributed by atoms with Crippen molar-refractivity contribution in [2.24, 2.45) is 0 Å². The van der Waals surface area contributed by atoms with E-state index in [2.05, 4.69) is 39.9 Å². The molecule has 0 spiro atoms. The molecule has 3 rings (SSSR count). The van der Waals surface area contributed by atoms with Gasteiger partial charge in [0.25, 0.3) is 0 Å². The number of benzene rings is 1. The summed E-state index contributed by atoms with van der Waals surface area (Å²) in [5.41, 5.74) is 2.01. The van der Waals surface area contributed by atoms with E-state index in [-0.39, 0.29) is 29.1 Å². The molecule has 1 aliphatic carbocycles. The van der Waals surface area contributed by atoms with Crippen LogP contribution in [0.3, 0.4) is 0 Å². The van der Waals surface area contributed by atoms with Crippen LogP contribution in [-0.2, 0) is 14.0 Å². The SMILES string of the molecule is COc1cccc2c1[C@@H]1C[C@@H](OC1=O)[C@@H]2O[Si](C)(C)C(C)(C)C. The molecule has 1 aromatic carbocycles. The second-order valence-corrected chi connectivity index (χ2v) is 12.8. The summed E-state index contributed by atoms with van der Waals surface area (Å²) in [6, 6.07) is 5.93. The molecule has 1 fully saturated rings. The van der Waals surface area contributed by atoms with E-state index in [9.17, 15) is 4.79 Å². The molecule has 1 aliphatic heterocycles. The number of carbonyl (C=O) groups is 1. The highest BCUT2D eigenvalue weighted by Crippen LogP contribution is 2.52. The zero-order chi connectivity index (χ0) is 17.0. The van der Waals surface area contributed by atoms with E-state index in [4.69, 9.17) is 13.9 Å². The van der Waals surface area contributed by atoms with Crippen LogP contribution in [0.2, 0.25) is 18.1 Å². The molecule has 23 heavy (non-hydrogen) atoms. The third kappa shape index (κ3) is 2.60. The number of hydrogen-bond acceptors (Lipinski definition) is 4. The molecular weight excluding hydrogens is 308 g/mol. The minimum Gasteiger partial charge on any atom is -0.496 e. The van der Waals surface area contributed by atoms with Gasteiger partial charge in [-0.05, 0) is 29.8 Å². The molecule has 2 aliphatic rings. The van der Waals surface area contributed by atoms with Gasteiger partial charge in [-0.15, -0.1) is 0 Å². The van der Waals surface area contributed by atoms with Gasteiger partial charge in [-0.25, -0.2) is 0 Å². The van der Waals surface area contributed by atoms with Crippen LogP contribution >= 0.6 is 0 Å². The van der Waals surface area contributed by atoms with E-state index >= 15 is 0 Å². The van der Waals surface area contributed by atoms with Crippen LogP contribution in [0.5, 0.6) is 5.75 Å². The second kappa shape index (κ2) is 5.35. The molecule has 0 aromatic heterocycles. The predicted molar refractivity (Wildman–Crippen MR) is 91.3 cm³/mol. The molecule has 0 N–H and O–H groups in total. The first-order chi connectivity index (χ1) is 10.7. The van der Waals surface area contributed by atoms with Gasteiger partial charge in [-0.2, -0.15) is 0 Å². The lowest BCUT2D eigenvalue weighted by Gasteiger charge is -2.41. The van der Waals surface area contributed by atoms with Gasteiger partial charge in [-0.3, -0.25) is 4.79 Å². The summed E-state index contributed by atoms with van der Waals surface area (Å²) in [5, 5.41) is 0.103. The fourth-order valence-electron chi connectivity index (χ4n) is 3.22. The molecule has 3 atom stereocenters. The summed E-state index contributed by atoms with van der Waals surface area (Å²) in [6.45, 7) is 11.1. The molecular formula is C18H26O4Si. The maximum Gasteiger partial charge on any atom is 0.314 e. The summed E-state index contributed by atoms with van der Waals surface area (Å²) < 4.78 is 17.8. The highest BCUT2D eigenvalue weighted by atomic mass is 28.4. The van der Waals surface area contributed by atoms with Gasteiger partial charge in [0.05, 0.1) is 13.0 Å². The highest BCUT2D eigenvalue weighted by molar-refractivity contribution is 6.74. The molecule has 2 bridgehead atoms. The maximum absolute atomic E-state index is 12.3. The quantitative estimate of drug-likeness (QED) is 0.615. The molecule has 1 aromatic rings. The van der Waals surface area contributed by atoms with Gasteiger partial charge >= 0.3 is 5.97 Å². The lowest BCUT2D eigenvalue weighted by Crippen LogP contribution is -2.44. The van der Waals surface area contributed by atoms with Crippen LogP contribution in [0.4, 0.5) is 0 Å². The Morgan fingerprint density at radius 1 is 1.26 bits per heavy atom. The van der Waals surface area contributed by atoms with Crippen molar-refractivity contribution in [1.82, 2.24) is 0 Å². The molecule has 1 heterocycles. The largest absolute Gasteiger partial charge is 0.496 e. The van der Waals surface area contributed by atoms with Crippen LogP contribution in [0, 0.1) is 0 Å². The average Bonchev–Trinajstić information content (AvgIpc) is 2.79. The monoisotopic (exact) mass is 334 g/mol. The number of hydrogen-bond donors (Lipinski definition) is 0. The zero-order valence-electron chi connectivity index (χ0n) is 14.8. The van der Waals surface area contributed by atoms with Gasteiger partial charge in [-0.1, -0.05) is 32.9 Å². The minimum atomic E-state index is -1.98. The fraction of sp³-hybridized carbons (Fsp3) is 0.611. The molecule has 4 nitrogen and oxygen atoms in total. The van der Waals surface area contributed by atoms with Crippen LogP contribution in [0.1, 0.15) is 50.3 Å². The third-order valence-electron chi connectivity index (χ3n) is 5.56. The zero-order valence-corrected chi connectivity index (χ0v) is 15.8. The van der Waals surface area contributed by atoms with Crippen molar-refractivity contribution in [3.8, 4) is 5.75 Å². The number of esters is 1. The van der Waals surface area contributed by atoms with E-state index in [1.165, 1.54) is 0 Å². The number of rotatable bonds is 3. The first-order valence-corrected chi connectivity index (χ1v) is 11.1. The summed E-state index contributed by atoms with van der Waals surface area (Å²) in [7, 11) is -0.338. The Hall–Kier alpha value is -1.33. The molecule has 126 valence electrons. The van der Waals surface area contributed by atoms with Crippen LogP contribution in [0.15, 0.2) is 18.2 Å². The number of carbonyl (C=O) groups excluding carboxylic acids is 1. The Kier molecular flexibility index (Phi) is 3.84. The lowest BCUT2D eigenvalue weighted by molar-refractivity contribution is -0.145. The van der Waals surface area contributed by atoms with Crippen molar-refractivity contribution in [2.75, 3.05) is 7.11 Å². The van der Waals surface area contributed by atoms with E-state index in [0.717, 1.165) is 16.9 Å². The second-order valence-electron chi connectivity index (χ2n) is 8.03. The Labute approximate surface area is 139 Å².